The van der Waals surface area contributed by atoms with Crippen LogP contribution in [-0.4, -0.2) is 27.4 Å². The van der Waals surface area contributed by atoms with Gasteiger partial charge in [-0.25, -0.2) is 15.0 Å². The number of rotatable bonds is 4. The molecular formula is C12H11BrClN5O. The van der Waals surface area contributed by atoms with Gasteiger partial charge in [-0.2, -0.15) is 0 Å². The van der Waals surface area contributed by atoms with Crippen molar-refractivity contribution in [2.75, 3.05) is 17.2 Å². The van der Waals surface area contributed by atoms with E-state index in [1.54, 1.807) is 12.1 Å². The molecule has 8 heteroatoms. The first-order chi connectivity index (χ1) is 9.60. The van der Waals surface area contributed by atoms with Crippen LogP contribution in [0, 0.1) is 0 Å². The first kappa shape index (κ1) is 14.7. The summed E-state index contributed by atoms with van der Waals surface area (Å²) < 4.78 is 0.584. The number of halogens is 2. The second-order valence-corrected chi connectivity index (χ2v) is 4.96. The van der Waals surface area contributed by atoms with Crippen molar-refractivity contribution in [3.8, 4) is 0 Å². The molecule has 0 saturated heterocycles. The summed E-state index contributed by atoms with van der Waals surface area (Å²) in [6.07, 6.45) is 2.92. The summed E-state index contributed by atoms with van der Waals surface area (Å²) in [4.78, 5) is 24.2. The van der Waals surface area contributed by atoms with E-state index in [1.165, 1.54) is 12.4 Å². The molecule has 0 aliphatic carbocycles. The van der Waals surface area contributed by atoms with Crippen molar-refractivity contribution in [1.82, 2.24) is 15.0 Å². The lowest BCUT2D eigenvalue weighted by Gasteiger charge is -2.08. The molecule has 20 heavy (non-hydrogen) atoms. The molecule has 0 radical (unpaired) electrons. The Balaban J connectivity index is 2.19. The molecule has 0 saturated carbocycles. The molecule has 1 amide bonds. The van der Waals surface area contributed by atoms with Gasteiger partial charge in [-0.15, -0.1) is 0 Å². The average Bonchev–Trinajstić information content (AvgIpc) is 2.43. The minimum Gasteiger partial charge on any atom is -0.370 e. The summed E-state index contributed by atoms with van der Waals surface area (Å²) >= 11 is 9.15. The third kappa shape index (κ3) is 3.64. The van der Waals surface area contributed by atoms with Crippen LogP contribution in [0.2, 0.25) is 5.02 Å². The number of hydrogen-bond donors (Lipinski definition) is 2. The third-order valence-electron chi connectivity index (χ3n) is 2.28. The normalized spacial score (nSPS) is 10.2. The van der Waals surface area contributed by atoms with Crippen LogP contribution >= 0.6 is 27.5 Å². The highest BCUT2D eigenvalue weighted by Crippen LogP contribution is 2.18. The summed E-state index contributed by atoms with van der Waals surface area (Å²) in [7, 11) is 0. The second-order valence-electron chi connectivity index (χ2n) is 3.74. The maximum atomic E-state index is 12.1. The Kier molecular flexibility index (Phi) is 4.86. The van der Waals surface area contributed by atoms with Gasteiger partial charge in [0.1, 0.15) is 16.1 Å². The van der Waals surface area contributed by atoms with Crippen molar-refractivity contribution in [1.29, 1.82) is 0 Å². The zero-order valence-electron chi connectivity index (χ0n) is 10.5. The molecule has 2 aromatic rings. The van der Waals surface area contributed by atoms with E-state index in [0.29, 0.717) is 22.8 Å². The van der Waals surface area contributed by atoms with Crippen LogP contribution in [0.15, 0.2) is 29.1 Å². The van der Waals surface area contributed by atoms with E-state index >= 15 is 0 Å². The maximum absolute atomic E-state index is 12.1. The summed E-state index contributed by atoms with van der Waals surface area (Å²) in [5.74, 6) is 0.472. The lowest BCUT2D eigenvalue weighted by atomic mass is 10.3. The van der Waals surface area contributed by atoms with Crippen molar-refractivity contribution in [3.05, 3.63) is 39.8 Å². The average molecular weight is 357 g/mol. The Morgan fingerprint density at radius 3 is 2.75 bits per heavy atom. The molecule has 0 fully saturated rings. The van der Waals surface area contributed by atoms with Crippen LogP contribution in [-0.2, 0) is 0 Å². The molecular weight excluding hydrogens is 346 g/mol. The van der Waals surface area contributed by atoms with Crippen LogP contribution in [0.5, 0.6) is 0 Å². The van der Waals surface area contributed by atoms with E-state index in [0.717, 1.165) is 0 Å². The largest absolute Gasteiger partial charge is 0.370 e. The predicted molar refractivity (Wildman–Crippen MR) is 81.1 cm³/mol. The first-order valence-electron chi connectivity index (χ1n) is 5.79. The number of nitrogens with one attached hydrogen (secondary N) is 2. The Morgan fingerprint density at radius 2 is 2.10 bits per heavy atom. The highest BCUT2D eigenvalue weighted by molar-refractivity contribution is 9.10. The highest BCUT2D eigenvalue weighted by atomic mass is 79.9. The highest BCUT2D eigenvalue weighted by Gasteiger charge is 2.14. The topological polar surface area (TPSA) is 79.8 Å². The smallest absolute Gasteiger partial charge is 0.277 e. The summed E-state index contributed by atoms with van der Waals surface area (Å²) in [5.41, 5.74) is 0.134. The SMILES string of the molecule is CCNc1ccc(Cl)c(C(=O)Nc2cnc(Br)cn2)n1. The third-order valence-corrected chi connectivity index (χ3v) is 3.00. The first-order valence-corrected chi connectivity index (χ1v) is 6.96. The van der Waals surface area contributed by atoms with E-state index in [2.05, 4.69) is 41.5 Å². The standard InChI is InChI=1S/C12H11BrClN5O/c1-2-15-9-4-3-7(14)11(18-9)12(20)19-10-6-16-8(13)5-17-10/h3-6H,2H2,1H3,(H,15,18)(H,17,19,20). The number of hydrogen-bond acceptors (Lipinski definition) is 5. The second kappa shape index (κ2) is 6.62. The van der Waals surface area contributed by atoms with Crippen molar-refractivity contribution < 1.29 is 4.79 Å². The van der Waals surface area contributed by atoms with Gasteiger partial charge in [0.25, 0.3) is 5.91 Å². The van der Waals surface area contributed by atoms with Crippen LogP contribution < -0.4 is 10.6 Å². The number of carbonyl (C=O) groups is 1. The van der Waals surface area contributed by atoms with Crippen LogP contribution in [0.4, 0.5) is 11.6 Å². The fourth-order valence-corrected chi connectivity index (χ4v) is 1.83. The van der Waals surface area contributed by atoms with E-state index < -0.39 is 5.91 Å². The lowest BCUT2D eigenvalue weighted by molar-refractivity contribution is 0.102. The van der Waals surface area contributed by atoms with E-state index in [9.17, 15) is 4.79 Å². The Labute approximate surface area is 129 Å². The van der Waals surface area contributed by atoms with Crippen LogP contribution in [0.25, 0.3) is 0 Å². The van der Waals surface area contributed by atoms with Crippen molar-refractivity contribution in [2.24, 2.45) is 0 Å². The predicted octanol–water partition coefficient (Wildman–Crippen LogP) is 2.97. The number of pyridine rings is 1. The van der Waals surface area contributed by atoms with Crippen LogP contribution in [0.3, 0.4) is 0 Å². The summed E-state index contributed by atoms with van der Waals surface area (Å²) in [6, 6.07) is 3.33. The fraction of sp³-hybridized carbons (Fsp3) is 0.167. The van der Waals surface area contributed by atoms with E-state index in [4.69, 9.17) is 11.6 Å². The van der Waals surface area contributed by atoms with Gasteiger partial charge >= 0.3 is 0 Å². The number of aromatic nitrogens is 3. The molecule has 0 spiro atoms. The Morgan fingerprint density at radius 1 is 1.30 bits per heavy atom. The van der Waals surface area contributed by atoms with Gasteiger partial charge in [-0.1, -0.05) is 11.6 Å². The molecule has 2 heterocycles. The molecule has 0 aromatic carbocycles. The fourth-order valence-electron chi connectivity index (χ4n) is 1.43. The molecule has 0 atom stereocenters. The zero-order valence-corrected chi connectivity index (χ0v) is 12.9. The van der Waals surface area contributed by atoms with E-state index in [-0.39, 0.29) is 10.7 Å². The van der Waals surface area contributed by atoms with E-state index in [1.807, 2.05) is 6.92 Å². The van der Waals surface area contributed by atoms with Crippen molar-refractivity contribution in [3.63, 3.8) is 0 Å². The van der Waals surface area contributed by atoms with Gasteiger partial charge < -0.3 is 10.6 Å². The minimum atomic E-state index is -0.439. The molecule has 0 aliphatic rings. The lowest BCUT2D eigenvalue weighted by Crippen LogP contribution is -2.16. The van der Waals surface area contributed by atoms with Gasteiger partial charge in [0.05, 0.1) is 17.4 Å². The Hall–Kier alpha value is -1.73. The van der Waals surface area contributed by atoms with Crippen LogP contribution in [0.1, 0.15) is 17.4 Å². The summed E-state index contributed by atoms with van der Waals surface area (Å²) in [5, 5.41) is 5.88. The number of carbonyl (C=O) groups excluding carboxylic acids is 1. The molecule has 2 aromatic heterocycles. The van der Waals surface area contributed by atoms with Gasteiger partial charge in [0.15, 0.2) is 5.82 Å². The number of amides is 1. The molecule has 0 unspecified atom stereocenters. The molecule has 2 N–H and O–H groups in total. The van der Waals surface area contributed by atoms with Crippen molar-refractivity contribution in [2.45, 2.75) is 6.92 Å². The zero-order chi connectivity index (χ0) is 14.5. The maximum Gasteiger partial charge on any atom is 0.277 e. The summed E-state index contributed by atoms with van der Waals surface area (Å²) in [6.45, 7) is 2.64. The molecule has 0 aliphatic heterocycles. The van der Waals surface area contributed by atoms with Crippen molar-refractivity contribution >= 4 is 45.1 Å². The van der Waals surface area contributed by atoms with Gasteiger partial charge in [0.2, 0.25) is 0 Å². The molecule has 6 nitrogen and oxygen atoms in total. The minimum absolute atomic E-state index is 0.134. The van der Waals surface area contributed by atoms with Gasteiger partial charge in [-0.05, 0) is 35.0 Å². The molecule has 2 rings (SSSR count). The molecule has 0 bridgehead atoms. The quantitative estimate of drug-likeness (QED) is 0.880. The Bertz CT molecular complexity index is 620. The number of nitrogens with zero attached hydrogens (tertiary/aromatic N) is 3. The van der Waals surface area contributed by atoms with Gasteiger partial charge in [-0.3, -0.25) is 4.79 Å². The number of anilines is 2. The molecule has 104 valence electrons. The monoisotopic (exact) mass is 355 g/mol. The van der Waals surface area contributed by atoms with Gasteiger partial charge in [0, 0.05) is 6.54 Å².